The van der Waals surface area contributed by atoms with Crippen molar-refractivity contribution in [1.29, 1.82) is 0 Å². The molecule has 0 amide bonds. The summed E-state index contributed by atoms with van der Waals surface area (Å²) in [5.74, 6) is 1.66. The van der Waals surface area contributed by atoms with Gasteiger partial charge in [0.25, 0.3) is 0 Å². The average Bonchev–Trinajstić information content (AvgIpc) is 2.27. The van der Waals surface area contributed by atoms with Crippen LogP contribution in [0.3, 0.4) is 0 Å². The minimum absolute atomic E-state index is 0.656. The molecule has 0 bridgehead atoms. The molecule has 3 N–H and O–H groups in total. The summed E-state index contributed by atoms with van der Waals surface area (Å²) in [6.45, 7) is 6.21. The maximum Gasteiger partial charge on any atom is 0.161 e. The molecule has 15 heavy (non-hydrogen) atoms. The van der Waals surface area contributed by atoms with Crippen LogP contribution in [0.25, 0.3) is 0 Å². The zero-order valence-electron chi connectivity index (χ0n) is 9.58. The van der Waals surface area contributed by atoms with Crippen molar-refractivity contribution in [2.45, 2.75) is 26.8 Å². The van der Waals surface area contributed by atoms with Crippen LogP contribution in [0, 0.1) is 0 Å². The monoisotopic (exact) mass is 210 g/mol. The standard InChI is InChI=1S/C12H19NO2/c1-3-7-15-11-6-5-10(9-13)8-12(11)14-4-2/h5-6,8H,3-4,7,9,13H2,1-2H3/p+1. The van der Waals surface area contributed by atoms with E-state index in [1.165, 1.54) is 5.56 Å². The summed E-state index contributed by atoms with van der Waals surface area (Å²) in [5.41, 5.74) is 5.02. The van der Waals surface area contributed by atoms with E-state index in [9.17, 15) is 0 Å². The number of rotatable bonds is 6. The summed E-state index contributed by atoms with van der Waals surface area (Å²) in [7, 11) is 0. The molecular weight excluding hydrogens is 190 g/mol. The molecule has 0 saturated carbocycles. The highest BCUT2D eigenvalue weighted by atomic mass is 16.5. The Hall–Kier alpha value is -1.22. The smallest absolute Gasteiger partial charge is 0.161 e. The first-order valence-corrected chi connectivity index (χ1v) is 5.49. The normalized spacial score (nSPS) is 10.1. The molecule has 0 saturated heterocycles. The van der Waals surface area contributed by atoms with Gasteiger partial charge in [0, 0.05) is 5.56 Å². The van der Waals surface area contributed by atoms with Gasteiger partial charge in [-0.15, -0.1) is 0 Å². The molecule has 3 heteroatoms. The first-order valence-electron chi connectivity index (χ1n) is 5.49. The lowest BCUT2D eigenvalue weighted by Crippen LogP contribution is -2.47. The van der Waals surface area contributed by atoms with Crippen molar-refractivity contribution < 1.29 is 15.2 Å². The summed E-state index contributed by atoms with van der Waals surface area (Å²) >= 11 is 0. The maximum absolute atomic E-state index is 5.59. The summed E-state index contributed by atoms with van der Waals surface area (Å²) in [5, 5.41) is 0. The number of hydrogen-bond acceptors (Lipinski definition) is 2. The van der Waals surface area contributed by atoms with E-state index in [1.54, 1.807) is 0 Å². The van der Waals surface area contributed by atoms with E-state index in [2.05, 4.69) is 12.7 Å². The van der Waals surface area contributed by atoms with E-state index in [0.29, 0.717) is 6.61 Å². The van der Waals surface area contributed by atoms with Crippen molar-refractivity contribution >= 4 is 0 Å². The predicted molar refractivity (Wildman–Crippen MR) is 60.0 cm³/mol. The van der Waals surface area contributed by atoms with E-state index in [-0.39, 0.29) is 0 Å². The average molecular weight is 210 g/mol. The van der Waals surface area contributed by atoms with Gasteiger partial charge < -0.3 is 15.2 Å². The van der Waals surface area contributed by atoms with Crippen LogP contribution in [0.2, 0.25) is 0 Å². The van der Waals surface area contributed by atoms with Crippen molar-refractivity contribution in [3.05, 3.63) is 23.8 Å². The number of quaternary nitrogens is 1. The fourth-order valence-corrected chi connectivity index (χ4v) is 1.31. The van der Waals surface area contributed by atoms with Gasteiger partial charge in [0.2, 0.25) is 0 Å². The van der Waals surface area contributed by atoms with Gasteiger partial charge in [0.1, 0.15) is 0 Å². The highest BCUT2D eigenvalue weighted by Crippen LogP contribution is 2.28. The van der Waals surface area contributed by atoms with E-state index in [1.807, 2.05) is 25.1 Å². The van der Waals surface area contributed by atoms with Crippen LogP contribution in [-0.2, 0) is 6.54 Å². The van der Waals surface area contributed by atoms with Gasteiger partial charge in [0.15, 0.2) is 11.5 Å². The van der Waals surface area contributed by atoms with Crippen LogP contribution in [-0.4, -0.2) is 13.2 Å². The van der Waals surface area contributed by atoms with Crippen LogP contribution in [0.1, 0.15) is 25.8 Å². The second-order valence-electron chi connectivity index (χ2n) is 3.31. The highest BCUT2D eigenvalue weighted by molar-refractivity contribution is 5.42. The predicted octanol–water partition coefficient (Wildman–Crippen LogP) is 1.62. The Morgan fingerprint density at radius 3 is 2.53 bits per heavy atom. The quantitative estimate of drug-likeness (QED) is 0.775. The summed E-state index contributed by atoms with van der Waals surface area (Å²) in [6.07, 6.45) is 1.00. The molecule has 1 aromatic rings. The Kier molecular flexibility index (Phi) is 4.98. The molecule has 0 radical (unpaired) electrons. The molecule has 0 atom stereocenters. The first-order chi connectivity index (χ1) is 7.31. The third-order valence-corrected chi connectivity index (χ3v) is 2.06. The molecule has 1 aromatic carbocycles. The zero-order valence-corrected chi connectivity index (χ0v) is 9.58. The molecule has 3 nitrogen and oxygen atoms in total. The van der Waals surface area contributed by atoms with Gasteiger partial charge in [-0.25, -0.2) is 0 Å². The topological polar surface area (TPSA) is 46.1 Å². The van der Waals surface area contributed by atoms with E-state index in [0.717, 1.165) is 31.1 Å². The van der Waals surface area contributed by atoms with Crippen LogP contribution >= 0.6 is 0 Å². The van der Waals surface area contributed by atoms with Gasteiger partial charge in [-0.3, -0.25) is 0 Å². The Bertz CT molecular complexity index is 300. The fourth-order valence-electron chi connectivity index (χ4n) is 1.31. The minimum Gasteiger partial charge on any atom is -0.490 e. The highest BCUT2D eigenvalue weighted by Gasteiger charge is 2.05. The molecule has 1 rings (SSSR count). The Morgan fingerprint density at radius 2 is 1.93 bits per heavy atom. The first kappa shape index (κ1) is 11.9. The molecule has 0 aliphatic heterocycles. The molecule has 0 unspecified atom stereocenters. The lowest BCUT2D eigenvalue weighted by atomic mass is 10.2. The Morgan fingerprint density at radius 1 is 1.13 bits per heavy atom. The van der Waals surface area contributed by atoms with E-state index >= 15 is 0 Å². The van der Waals surface area contributed by atoms with Crippen molar-refractivity contribution in [3.63, 3.8) is 0 Å². The Labute approximate surface area is 91.2 Å². The van der Waals surface area contributed by atoms with Crippen LogP contribution in [0.15, 0.2) is 18.2 Å². The maximum atomic E-state index is 5.59. The molecule has 0 aromatic heterocycles. The van der Waals surface area contributed by atoms with Gasteiger partial charge >= 0.3 is 0 Å². The lowest BCUT2D eigenvalue weighted by Gasteiger charge is -2.11. The van der Waals surface area contributed by atoms with Crippen LogP contribution < -0.4 is 15.2 Å². The third-order valence-electron chi connectivity index (χ3n) is 2.06. The molecular formula is C12H20NO2+. The van der Waals surface area contributed by atoms with E-state index in [4.69, 9.17) is 9.47 Å². The van der Waals surface area contributed by atoms with Gasteiger partial charge in [-0.05, 0) is 31.5 Å². The number of benzene rings is 1. The second-order valence-corrected chi connectivity index (χ2v) is 3.31. The minimum atomic E-state index is 0.656. The largest absolute Gasteiger partial charge is 0.490 e. The van der Waals surface area contributed by atoms with Crippen molar-refractivity contribution in [3.8, 4) is 11.5 Å². The summed E-state index contributed by atoms with van der Waals surface area (Å²) < 4.78 is 11.1. The van der Waals surface area contributed by atoms with Gasteiger partial charge in [0.05, 0.1) is 19.8 Å². The molecule has 0 aliphatic carbocycles. The number of ether oxygens (including phenoxy) is 2. The van der Waals surface area contributed by atoms with Gasteiger partial charge in [-0.1, -0.05) is 6.92 Å². The van der Waals surface area contributed by atoms with Gasteiger partial charge in [-0.2, -0.15) is 0 Å². The summed E-state index contributed by atoms with van der Waals surface area (Å²) in [4.78, 5) is 0. The SMILES string of the molecule is CCCOc1ccc(C[NH3+])cc1OCC. The lowest BCUT2D eigenvalue weighted by molar-refractivity contribution is -0.386. The van der Waals surface area contributed by atoms with Crippen molar-refractivity contribution in [2.75, 3.05) is 13.2 Å². The van der Waals surface area contributed by atoms with Crippen molar-refractivity contribution in [2.24, 2.45) is 0 Å². The molecule has 0 heterocycles. The van der Waals surface area contributed by atoms with E-state index < -0.39 is 0 Å². The third kappa shape index (κ3) is 3.44. The molecule has 0 aliphatic rings. The second kappa shape index (κ2) is 6.30. The van der Waals surface area contributed by atoms with Crippen LogP contribution in [0.4, 0.5) is 0 Å². The van der Waals surface area contributed by atoms with Crippen molar-refractivity contribution in [1.82, 2.24) is 0 Å². The molecule has 0 fully saturated rings. The summed E-state index contributed by atoms with van der Waals surface area (Å²) in [6, 6.07) is 5.99. The molecule has 84 valence electrons. The fraction of sp³-hybridized carbons (Fsp3) is 0.500. The van der Waals surface area contributed by atoms with Crippen LogP contribution in [0.5, 0.6) is 11.5 Å². The zero-order chi connectivity index (χ0) is 11.1. The number of hydrogen-bond donors (Lipinski definition) is 1. The Balaban J connectivity index is 2.82. The molecule has 0 spiro atoms.